The van der Waals surface area contributed by atoms with Crippen LogP contribution in [0, 0.1) is 17.0 Å². The van der Waals surface area contributed by atoms with Gasteiger partial charge in [0.05, 0.1) is 4.92 Å². The maximum atomic E-state index is 12.2. The van der Waals surface area contributed by atoms with Crippen molar-refractivity contribution in [2.24, 2.45) is 0 Å². The van der Waals surface area contributed by atoms with Gasteiger partial charge in [-0.25, -0.2) is 4.79 Å². The number of carboxylic acid groups (broad SMARTS) is 1. The number of rotatable bonds is 6. The number of benzene rings is 1. The Morgan fingerprint density at radius 3 is 2.67 bits per heavy atom. The summed E-state index contributed by atoms with van der Waals surface area (Å²) in [7, 11) is 0. The normalized spacial score (nSPS) is 12.1. The molecule has 1 atom stereocenters. The fraction of sp³-hybridized carbons (Fsp3) is 0.286. The van der Waals surface area contributed by atoms with Crippen molar-refractivity contribution in [3.05, 3.63) is 51.6 Å². The maximum Gasteiger partial charge on any atom is 0.326 e. The molecular weight excluding hydrogens is 276 g/mol. The number of nitrogens with one attached hydrogen (secondary N) is 1. The molecule has 1 aromatic carbocycles. The summed E-state index contributed by atoms with van der Waals surface area (Å²) in [4.78, 5) is 33.6. The van der Waals surface area contributed by atoms with E-state index in [0.29, 0.717) is 5.56 Å². The van der Waals surface area contributed by atoms with E-state index in [1.807, 2.05) is 0 Å². The number of hydrogen-bond donors (Lipinski definition) is 2. The highest BCUT2D eigenvalue weighted by Gasteiger charge is 2.26. The van der Waals surface area contributed by atoms with Crippen molar-refractivity contribution in [2.75, 3.05) is 0 Å². The van der Waals surface area contributed by atoms with E-state index >= 15 is 0 Å². The molecule has 1 aromatic rings. The third-order valence-corrected chi connectivity index (χ3v) is 2.89. The Morgan fingerprint density at radius 2 is 2.14 bits per heavy atom. The van der Waals surface area contributed by atoms with Gasteiger partial charge in [0.15, 0.2) is 0 Å². The van der Waals surface area contributed by atoms with Crippen molar-refractivity contribution < 1.29 is 19.6 Å². The monoisotopic (exact) mass is 292 g/mol. The van der Waals surface area contributed by atoms with Gasteiger partial charge in [-0.2, -0.15) is 0 Å². The zero-order valence-corrected chi connectivity index (χ0v) is 11.7. The number of hydrogen-bond acceptors (Lipinski definition) is 4. The van der Waals surface area contributed by atoms with Crippen LogP contribution in [0.4, 0.5) is 5.69 Å². The molecule has 0 saturated carbocycles. The van der Waals surface area contributed by atoms with Gasteiger partial charge < -0.3 is 10.4 Å². The lowest BCUT2D eigenvalue weighted by atomic mass is 10.0. The van der Waals surface area contributed by atoms with Crippen LogP contribution in [0.5, 0.6) is 0 Å². The first-order valence-corrected chi connectivity index (χ1v) is 6.27. The molecule has 0 bridgehead atoms. The molecule has 112 valence electrons. The lowest BCUT2D eigenvalue weighted by Gasteiger charge is -2.13. The summed E-state index contributed by atoms with van der Waals surface area (Å²) in [6, 6.07) is 3.11. The Kier molecular flexibility index (Phi) is 5.59. The van der Waals surface area contributed by atoms with Crippen LogP contribution >= 0.6 is 0 Å². The van der Waals surface area contributed by atoms with Crippen LogP contribution in [0.2, 0.25) is 0 Å². The predicted molar refractivity (Wildman–Crippen MR) is 76.2 cm³/mol. The van der Waals surface area contributed by atoms with Gasteiger partial charge in [0.1, 0.15) is 11.6 Å². The summed E-state index contributed by atoms with van der Waals surface area (Å²) in [5.41, 5.74) is -0.0474. The highest BCUT2D eigenvalue weighted by atomic mass is 16.6. The summed E-state index contributed by atoms with van der Waals surface area (Å²) in [5.74, 6) is -1.96. The molecule has 7 nitrogen and oxygen atoms in total. The number of amides is 1. The highest BCUT2D eigenvalue weighted by Crippen LogP contribution is 2.21. The third kappa shape index (κ3) is 4.13. The number of nitro benzene ring substituents is 1. The van der Waals surface area contributed by atoms with Crippen LogP contribution in [-0.2, 0) is 4.79 Å². The Hall–Kier alpha value is -2.70. The molecule has 7 heteroatoms. The van der Waals surface area contributed by atoms with Gasteiger partial charge in [-0.05, 0) is 25.8 Å². The van der Waals surface area contributed by atoms with Gasteiger partial charge in [-0.1, -0.05) is 24.3 Å². The van der Waals surface area contributed by atoms with Crippen molar-refractivity contribution in [2.45, 2.75) is 26.3 Å². The average molecular weight is 292 g/mol. The fourth-order valence-corrected chi connectivity index (χ4v) is 1.82. The molecule has 0 aliphatic heterocycles. The van der Waals surface area contributed by atoms with Crippen LogP contribution in [0.25, 0.3) is 0 Å². The molecule has 1 rings (SSSR count). The van der Waals surface area contributed by atoms with Crippen molar-refractivity contribution in [1.29, 1.82) is 0 Å². The van der Waals surface area contributed by atoms with Crippen molar-refractivity contribution in [3.8, 4) is 0 Å². The second-order valence-corrected chi connectivity index (χ2v) is 4.40. The second-order valence-electron chi connectivity index (χ2n) is 4.40. The van der Waals surface area contributed by atoms with Crippen LogP contribution in [0.15, 0.2) is 30.4 Å². The van der Waals surface area contributed by atoms with Crippen molar-refractivity contribution >= 4 is 17.6 Å². The highest BCUT2D eigenvalue weighted by molar-refractivity contribution is 6.01. The van der Waals surface area contributed by atoms with Gasteiger partial charge in [-0.3, -0.25) is 14.9 Å². The number of aliphatic carboxylic acids is 1. The molecule has 0 aliphatic carbocycles. The minimum absolute atomic E-state index is 0.108. The van der Waals surface area contributed by atoms with Crippen LogP contribution in [0.1, 0.15) is 29.3 Å². The quantitative estimate of drug-likeness (QED) is 0.473. The Morgan fingerprint density at radius 1 is 1.48 bits per heavy atom. The average Bonchev–Trinajstić information content (AvgIpc) is 2.42. The molecule has 0 fully saturated rings. The molecule has 0 radical (unpaired) electrons. The van der Waals surface area contributed by atoms with Crippen LogP contribution in [-0.4, -0.2) is 27.9 Å². The van der Waals surface area contributed by atoms with Crippen LogP contribution in [0.3, 0.4) is 0 Å². The largest absolute Gasteiger partial charge is 0.480 e. The van der Waals surface area contributed by atoms with E-state index in [1.165, 1.54) is 12.1 Å². The summed E-state index contributed by atoms with van der Waals surface area (Å²) in [6.45, 7) is 3.29. The lowest BCUT2D eigenvalue weighted by Crippen LogP contribution is -2.40. The predicted octanol–water partition coefficient (Wildman–Crippen LogP) is 2.05. The van der Waals surface area contributed by atoms with E-state index in [0.717, 1.165) is 0 Å². The van der Waals surface area contributed by atoms with E-state index in [-0.39, 0.29) is 17.7 Å². The summed E-state index contributed by atoms with van der Waals surface area (Å²) >= 11 is 0. The Bertz CT molecular complexity index is 595. The molecule has 2 N–H and O–H groups in total. The summed E-state index contributed by atoms with van der Waals surface area (Å²) < 4.78 is 0. The standard InChI is InChI=1S/C14H16N2O5/c1-3-4-7-10(14(18)19)15-13(17)12-9(2)6-5-8-11(12)16(20)21/h3-6,8,10H,7H2,1-2H3,(H,15,17)(H,18,19)/b4-3+. The lowest BCUT2D eigenvalue weighted by molar-refractivity contribution is -0.385. The van der Waals surface area contributed by atoms with E-state index in [9.17, 15) is 19.7 Å². The van der Waals surface area contributed by atoms with E-state index in [2.05, 4.69) is 5.32 Å². The zero-order valence-electron chi connectivity index (χ0n) is 11.7. The number of aryl methyl sites for hydroxylation is 1. The van der Waals surface area contributed by atoms with Gasteiger partial charge in [-0.15, -0.1) is 0 Å². The maximum absolute atomic E-state index is 12.2. The SMILES string of the molecule is C/C=C/CC(NC(=O)c1c(C)cccc1[N+](=O)[O-])C(=O)O. The molecule has 1 unspecified atom stereocenters. The van der Waals surface area contributed by atoms with Crippen molar-refractivity contribution in [3.63, 3.8) is 0 Å². The van der Waals surface area contributed by atoms with Crippen molar-refractivity contribution in [1.82, 2.24) is 5.32 Å². The number of nitro groups is 1. The Balaban J connectivity index is 3.08. The number of allylic oxidation sites excluding steroid dienone is 1. The number of nitrogens with zero attached hydrogens (tertiary/aromatic N) is 1. The Labute approximate surface area is 121 Å². The van der Waals surface area contributed by atoms with E-state index < -0.39 is 22.8 Å². The first kappa shape index (κ1) is 16.4. The molecule has 0 heterocycles. The molecule has 0 saturated heterocycles. The van der Waals surface area contributed by atoms with Gasteiger partial charge >= 0.3 is 5.97 Å². The second kappa shape index (κ2) is 7.18. The number of carbonyl (C=O) groups is 2. The first-order chi connectivity index (χ1) is 9.88. The zero-order chi connectivity index (χ0) is 16.0. The third-order valence-electron chi connectivity index (χ3n) is 2.89. The topological polar surface area (TPSA) is 110 Å². The fourth-order valence-electron chi connectivity index (χ4n) is 1.82. The molecule has 0 spiro atoms. The molecule has 0 aliphatic rings. The number of carboxylic acids is 1. The van der Waals surface area contributed by atoms with Gasteiger partial charge in [0.25, 0.3) is 11.6 Å². The molecular formula is C14H16N2O5. The summed E-state index contributed by atoms with van der Waals surface area (Å²) in [6.07, 6.45) is 3.38. The van der Waals surface area contributed by atoms with E-state index in [1.54, 1.807) is 32.1 Å². The number of carbonyl (C=O) groups excluding carboxylic acids is 1. The van der Waals surface area contributed by atoms with Gasteiger partial charge in [0.2, 0.25) is 0 Å². The molecule has 0 aromatic heterocycles. The van der Waals surface area contributed by atoms with E-state index in [4.69, 9.17) is 5.11 Å². The van der Waals surface area contributed by atoms with Gasteiger partial charge in [0, 0.05) is 6.07 Å². The first-order valence-electron chi connectivity index (χ1n) is 6.27. The molecule has 21 heavy (non-hydrogen) atoms. The minimum atomic E-state index is -1.20. The minimum Gasteiger partial charge on any atom is -0.480 e. The smallest absolute Gasteiger partial charge is 0.326 e. The summed E-state index contributed by atoms with van der Waals surface area (Å²) in [5, 5.41) is 22.3. The van der Waals surface area contributed by atoms with Crippen LogP contribution < -0.4 is 5.32 Å². The molecule has 1 amide bonds.